The second-order valence-corrected chi connectivity index (χ2v) is 7.90. The fourth-order valence-electron chi connectivity index (χ4n) is 4.27. The van der Waals surface area contributed by atoms with Crippen LogP contribution in [0.5, 0.6) is 11.5 Å². The van der Waals surface area contributed by atoms with Gasteiger partial charge in [-0.25, -0.2) is 14.0 Å². The van der Waals surface area contributed by atoms with Gasteiger partial charge in [0.15, 0.2) is 11.5 Å². The van der Waals surface area contributed by atoms with Crippen LogP contribution in [0.2, 0.25) is 0 Å². The fourth-order valence-corrected chi connectivity index (χ4v) is 4.27. The standard InChI is InChI=1S/C23H24N4O4/c1-25-23(29)27(17-7-3-2-4-8-17)21(24-25)16-11-13-26(14-12-16)22(28)20-15-30-18-9-5-6-10-19(18)31-20/h2-10,16,20H,11-15H2,1H3/t20-/m0/s1. The SMILES string of the molecule is Cn1nc(C2CCN(C(=O)[C@@H]3COc4ccccc4O3)CC2)n(-c2ccccc2)c1=O. The Kier molecular flexibility index (Phi) is 4.97. The van der Waals surface area contributed by atoms with Gasteiger partial charge in [-0.05, 0) is 37.1 Å². The molecule has 1 atom stereocenters. The third-order valence-electron chi connectivity index (χ3n) is 5.92. The van der Waals surface area contributed by atoms with E-state index in [4.69, 9.17) is 9.47 Å². The summed E-state index contributed by atoms with van der Waals surface area (Å²) in [6.45, 7) is 1.39. The van der Waals surface area contributed by atoms with Crippen LogP contribution in [0.4, 0.5) is 0 Å². The lowest BCUT2D eigenvalue weighted by molar-refractivity contribution is -0.142. The molecular weight excluding hydrogens is 396 g/mol. The second-order valence-electron chi connectivity index (χ2n) is 7.90. The molecule has 0 spiro atoms. The summed E-state index contributed by atoms with van der Waals surface area (Å²) in [5.41, 5.74) is 0.645. The molecule has 8 heteroatoms. The number of para-hydroxylation sites is 3. The van der Waals surface area contributed by atoms with Crippen molar-refractivity contribution >= 4 is 5.91 Å². The van der Waals surface area contributed by atoms with Gasteiger partial charge in [-0.2, -0.15) is 5.10 Å². The van der Waals surface area contributed by atoms with Gasteiger partial charge in [0, 0.05) is 26.1 Å². The Balaban J connectivity index is 1.29. The van der Waals surface area contributed by atoms with E-state index >= 15 is 0 Å². The van der Waals surface area contributed by atoms with E-state index < -0.39 is 6.10 Å². The molecule has 1 aromatic heterocycles. The lowest BCUT2D eigenvalue weighted by atomic mass is 9.95. The van der Waals surface area contributed by atoms with Gasteiger partial charge in [-0.1, -0.05) is 30.3 Å². The molecule has 0 aliphatic carbocycles. The molecule has 0 N–H and O–H groups in total. The number of rotatable bonds is 3. The van der Waals surface area contributed by atoms with Crippen LogP contribution in [0, 0.1) is 0 Å². The number of aryl methyl sites for hydroxylation is 1. The van der Waals surface area contributed by atoms with Gasteiger partial charge in [0.2, 0.25) is 6.10 Å². The number of nitrogens with zero attached hydrogens (tertiary/aromatic N) is 4. The summed E-state index contributed by atoms with van der Waals surface area (Å²) in [6, 6.07) is 16.9. The Hall–Kier alpha value is -3.55. The van der Waals surface area contributed by atoms with Crippen LogP contribution in [0.25, 0.3) is 5.69 Å². The first-order valence-electron chi connectivity index (χ1n) is 10.5. The Morgan fingerprint density at radius 1 is 1.00 bits per heavy atom. The van der Waals surface area contributed by atoms with Crippen molar-refractivity contribution in [2.24, 2.45) is 7.05 Å². The smallest absolute Gasteiger partial charge is 0.350 e. The number of hydrogen-bond acceptors (Lipinski definition) is 5. The number of ether oxygens (including phenoxy) is 2. The number of hydrogen-bond donors (Lipinski definition) is 0. The summed E-state index contributed by atoms with van der Waals surface area (Å²) in [4.78, 5) is 27.5. The maximum Gasteiger partial charge on any atom is 0.350 e. The quantitative estimate of drug-likeness (QED) is 0.649. The number of carbonyl (C=O) groups excluding carboxylic acids is 1. The Morgan fingerprint density at radius 3 is 2.42 bits per heavy atom. The normalized spacial score (nSPS) is 18.7. The van der Waals surface area contributed by atoms with E-state index in [0.29, 0.717) is 24.6 Å². The highest BCUT2D eigenvalue weighted by Gasteiger charge is 2.34. The van der Waals surface area contributed by atoms with Gasteiger partial charge in [-0.15, -0.1) is 0 Å². The van der Waals surface area contributed by atoms with Crippen LogP contribution in [0.1, 0.15) is 24.6 Å². The van der Waals surface area contributed by atoms with Gasteiger partial charge >= 0.3 is 5.69 Å². The second kappa shape index (κ2) is 7.94. The molecule has 2 aliphatic rings. The molecule has 2 aliphatic heterocycles. The molecule has 2 aromatic carbocycles. The van der Waals surface area contributed by atoms with Crippen molar-refractivity contribution in [1.82, 2.24) is 19.2 Å². The minimum atomic E-state index is -0.635. The molecule has 0 radical (unpaired) electrons. The first-order chi connectivity index (χ1) is 15.1. The number of fused-ring (bicyclic) bond motifs is 1. The molecular formula is C23H24N4O4. The van der Waals surface area contributed by atoms with Gasteiger partial charge < -0.3 is 14.4 Å². The molecule has 3 heterocycles. The summed E-state index contributed by atoms with van der Waals surface area (Å²) in [6.07, 6.45) is 0.835. The number of likely N-dealkylation sites (tertiary alicyclic amines) is 1. The first kappa shape index (κ1) is 19.4. The number of piperidine rings is 1. The number of aromatic nitrogens is 3. The topological polar surface area (TPSA) is 78.6 Å². The van der Waals surface area contributed by atoms with Crippen molar-refractivity contribution in [2.45, 2.75) is 24.9 Å². The Bertz CT molecular complexity index is 1150. The molecule has 5 rings (SSSR count). The predicted octanol–water partition coefficient (Wildman–Crippen LogP) is 2.12. The molecule has 0 bridgehead atoms. The molecule has 1 amide bonds. The zero-order valence-corrected chi connectivity index (χ0v) is 17.3. The zero-order valence-electron chi connectivity index (χ0n) is 17.3. The van der Waals surface area contributed by atoms with Crippen molar-refractivity contribution < 1.29 is 14.3 Å². The number of amides is 1. The van der Waals surface area contributed by atoms with Crippen LogP contribution < -0.4 is 15.2 Å². The summed E-state index contributed by atoms with van der Waals surface area (Å²) >= 11 is 0. The van der Waals surface area contributed by atoms with E-state index in [-0.39, 0.29) is 24.1 Å². The predicted molar refractivity (Wildman–Crippen MR) is 114 cm³/mol. The van der Waals surface area contributed by atoms with E-state index in [1.54, 1.807) is 11.6 Å². The minimum absolute atomic E-state index is 0.0607. The largest absolute Gasteiger partial charge is 0.485 e. The van der Waals surface area contributed by atoms with Gasteiger partial charge in [0.1, 0.15) is 12.4 Å². The molecule has 1 saturated heterocycles. The monoisotopic (exact) mass is 420 g/mol. The van der Waals surface area contributed by atoms with E-state index in [1.165, 1.54) is 4.68 Å². The van der Waals surface area contributed by atoms with E-state index in [1.807, 2.05) is 59.5 Å². The lowest BCUT2D eigenvalue weighted by Gasteiger charge is -2.35. The zero-order chi connectivity index (χ0) is 21.4. The number of benzene rings is 2. The Morgan fingerprint density at radius 2 is 1.68 bits per heavy atom. The first-order valence-corrected chi connectivity index (χ1v) is 10.5. The molecule has 0 unspecified atom stereocenters. The van der Waals surface area contributed by atoms with Crippen LogP contribution in [0.15, 0.2) is 59.4 Å². The molecule has 160 valence electrons. The maximum atomic E-state index is 13.0. The highest BCUT2D eigenvalue weighted by atomic mass is 16.6. The lowest BCUT2D eigenvalue weighted by Crippen LogP contribution is -2.49. The van der Waals surface area contributed by atoms with E-state index in [9.17, 15) is 9.59 Å². The van der Waals surface area contributed by atoms with E-state index in [2.05, 4.69) is 5.10 Å². The van der Waals surface area contributed by atoms with Crippen LogP contribution in [0.3, 0.4) is 0 Å². The molecule has 8 nitrogen and oxygen atoms in total. The van der Waals surface area contributed by atoms with Gasteiger partial charge in [-0.3, -0.25) is 4.79 Å². The third-order valence-corrected chi connectivity index (χ3v) is 5.92. The summed E-state index contributed by atoms with van der Waals surface area (Å²) in [7, 11) is 1.67. The summed E-state index contributed by atoms with van der Waals surface area (Å²) in [5, 5.41) is 4.51. The third kappa shape index (κ3) is 3.58. The molecule has 0 saturated carbocycles. The minimum Gasteiger partial charge on any atom is -0.485 e. The van der Waals surface area contributed by atoms with Crippen molar-refractivity contribution in [3.05, 3.63) is 70.9 Å². The average Bonchev–Trinajstić information content (AvgIpc) is 3.13. The van der Waals surface area contributed by atoms with Crippen molar-refractivity contribution in [3.8, 4) is 17.2 Å². The van der Waals surface area contributed by atoms with Crippen molar-refractivity contribution in [1.29, 1.82) is 0 Å². The number of carbonyl (C=O) groups is 1. The van der Waals surface area contributed by atoms with Gasteiger partial charge in [0.05, 0.1) is 5.69 Å². The summed E-state index contributed by atoms with van der Waals surface area (Å²) in [5.74, 6) is 2.05. The fraction of sp³-hybridized carbons (Fsp3) is 0.348. The van der Waals surface area contributed by atoms with Crippen LogP contribution in [-0.4, -0.2) is 51.0 Å². The molecule has 31 heavy (non-hydrogen) atoms. The van der Waals surface area contributed by atoms with Gasteiger partial charge in [0.25, 0.3) is 5.91 Å². The highest BCUT2D eigenvalue weighted by Crippen LogP contribution is 2.32. The van der Waals surface area contributed by atoms with Crippen molar-refractivity contribution in [3.63, 3.8) is 0 Å². The summed E-state index contributed by atoms with van der Waals surface area (Å²) < 4.78 is 14.6. The van der Waals surface area contributed by atoms with Crippen molar-refractivity contribution in [2.75, 3.05) is 19.7 Å². The highest BCUT2D eigenvalue weighted by molar-refractivity contribution is 5.82. The van der Waals surface area contributed by atoms with Crippen LogP contribution >= 0.6 is 0 Å². The molecule has 3 aromatic rings. The Labute approximate surface area is 179 Å². The average molecular weight is 420 g/mol. The van der Waals surface area contributed by atoms with E-state index in [0.717, 1.165) is 24.4 Å². The van der Waals surface area contributed by atoms with Crippen LogP contribution in [-0.2, 0) is 11.8 Å². The molecule has 1 fully saturated rings. The maximum absolute atomic E-state index is 13.0.